The first-order chi connectivity index (χ1) is 12.6. The fraction of sp³-hybridized carbons (Fsp3) is 0.391. The lowest BCUT2D eigenvalue weighted by Gasteiger charge is -2.21. The van der Waals surface area contributed by atoms with Crippen LogP contribution in [0.1, 0.15) is 48.8 Å². The molecule has 0 aliphatic heterocycles. The molecule has 0 saturated heterocycles. The van der Waals surface area contributed by atoms with Crippen LogP contribution in [0.5, 0.6) is 5.75 Å². The van der Waals surface area contributed by atoms with Gasteiger partial charge in [0.05, 0.1) is 6.61 Å². The van der Waals surface area contributed by atoms with E-state index >= 15 is 0 Å². The largest absolute Gasteiger partial charge is 0.494 e. The number of rotatable bonds is 4. The summed E-state index contributed by atoms with van der Waals surface area (Å²) in [5.74, 6) is 1.14. The van der Waals surface area contributed by atoms with E-state index in [1.54, 1.807) is 6.07 Å². The summed E-state index contributed by atoms with van der Waals surface area (Å²) in [5, 5.41) is 0. The molecule has 2 aliphatic rings. The molecule has 0 radical (unpaired) electrons. The Morgan fingerprint density at radius 1 is 1.00 bits per heavy atom. The van der Waals surface area contributed by atoms with Crippen molar-refractivity contribution in [3.63, 3.8) is 0 Å². The van der Waals surface area contributed by atoms with Crippen molar-refractivity contribution in [2.75, 3.05) is 6.61 Å². The zero-order valence-corrected chi connectivity index (χ0v) is 15.3. The Hall–Kier alpha value is -2.16. The summed E-state index contributed by atoms with van der Waals surface area (Å²) >= 11 is 0. The van der Waals surface area contributed by atoms with Crippen LogP contribution in [0.15, 0.2) is 42.5 Å². The predicted octanol–water partition coefficient (Wildman–Crippen LogP) is 6.27. The van der Waals surface area contributed by atoms with E-state index in [0.717, 1.165) is 36.0 Å². The van der Waals surface area contributed by atoms with E-state index in [0.29, 0.717) is 29.8 Å². The van der Waals surface area contributed by atoms with Crippen LogP contribution in [-0.2, 0) is 0 Å². The molecule has 4 rings (SSSR count). The van der Waals surface area contributed by atoms with Crippen molar-refractivity contribution < 1.29 is 13.5 Å². The molecule has 1 saturated carbocycles. The fourth-order valence-electron chi connectivity index (χ4n) is 4.81. The van der Waals surface area contributed by atoms with Gasteiger partial charge in [-0.1, -0.05) is 18.2 Å². The smallest absolute Gasteiger partial charge is 0.134 e. The van der Waals surface area contributed by atoms with Gasteiger partial charge in [-0.2, -0.15) is 0 Å². The van der Waals surface area contributed by atoms with Crippen LogP contribution < -0.4 is 4.74 Å². The summed E-state index contributed by atoms with van der Waals surface area (Å²) in [6.45, 7) is 4.32. The molecular weight excluding hydrogens is 330 g/mol. The number of benzene rings is 2. The maximum Gasteiger partial charge on any atom is 0.134 e. The molecule has 3 heteroatoms. The molecule has 0 aromatic heterocycles. The number of aryl methyl sites for hydroxylation is 1. The van der Waals surface area contributed by atoms with E-state index in [4.69, 9.17) is 4.74 Å². The third kappa shape index (κ3) is 2.94. The second-order valence-corrected chi connectivity index (χ2v) is 7.45. The van der Waals surface area contributed by atoms with Gasteiger partial charge < -0.3 is 4.74 Å². The average Bonchev–Trinajstić information content (AvgIpc) is 3.18. The number of hydrogen-bond acceptors (Lipinski definition) is 1. The highest BCUT2D eigenvalue weighted by atomic mass is 19.1. The van der Waals surface area contributed by atoms with E-state index in [9.17, 15) is 8.78 Å². The highest BCUT2D eigenvalue weighted by molar-refractivity contribution is 5.71. The molecule has 1 fully saturated rings. The van der Waals surface area contributed by atoms with Gasteiger partial charge in [0.1, 0.15) is 17.4 Å². The second kappa shape index (κ2) is 6.86. The molecule has 3 unspecified atom stereocenters. The molecule has 0 amide bonds. The van der Waals surface area contributed by atoms with Crippen LogP contribution in [0.4, 0.5) is 8.78 Å². The summed E-state index contributed by atoms with van der Waals surface area (Å²) in [5.41, 5.74) is 3.53. The molecule has 0 heterocycles. The van der Waals surface area contributed by atoms with Gasteiger partial charge in [-0.05, 0) is 85.8 Å². The van der Waals surface area contributed by atoms with E-state index in [-0.39, 0.29) is 17.6 Å². The molecule has 0 N–H and O–H groups in total. The van der Waals surface area contributed by atoms with Gasteiger partial charge in [0.25, 0.3) is 0 Å². The van der Waals surface area contributed by atoms with E-state index in [2.05, 4.69) is 6.08 Å². The van der Waals surface area contributed by atoms with E-state index in [1.165, 1.54) is 6.07 Å². The normalized spacial score (nSPS) is 24.5. The summed E-state index contributed by atoms with van der Waals surface area (Å²) in [7, 11) is 0. The van der Waals surface area contributed by atoms with Gasteiger partial charge >= 0.3 is 0 Å². The maximum atomic E-state index is 14.6. The molecule has 26 heavy (non-hydrogen) atoms. The van der Waals surface area contributed by atoms with Gasteiger partial charge in [0.15, 0.2) is 0 Å². The molecule has 0 bridgehead atoms. The topological polar surface area (TPSA) is 9.23 Å². The maximum absolute atomic E-state index is 14.6. The Balaban J connectivity index is 1.58. The third-order valence-electron chi connectivity index (χ3n) is 5.95. The van der Waals surface area contributed by atoms with Crippen molar-refractivity contribution >= 4 is 5.57 Å². The summed E-state index contributed by atoms with van der Waals surface area (Å²) in [6.07, 6.45) is 5.00. The lowest BCUT2D eigenvalue weighted by atomic mass is 9.83. The van der Waals surface area contributed by atoms with Crippen LogP contribution in [0.25, 0.3) is 5.57 Å². The van der Waals surface area contributed by atoms with Crippen LogP contribution in [0.2, 0.25) is 0 Å². The molecule has 2 aliphatic carbocycles. The Kier molecular flexibility index (Phi) is 4.56. The first-order valence-corrected chi connectivity index (χ1v) is 9.47. The highest BCUT2D eigenvalue weighted by Crippen LogP contribution is 2.55. The minimum absolute atomic E-state index is 0.101. The molecule has 3 atom stereocenters. The number of allylic oxidation sites excluding steroid dienone is 2. The van der Waals surface area contributed by atoms with Crippen molar-refractivity contribution in [2.24, 2.45) is 11.8 Å². The third-order valence-corrected chi connectivity index (χ3v) is 5.95. The Bertz CT molecular complexity index is 855. The second-order valence-electron chi connectivity index (χ2n) is 7.45. The standard InChI is InChI=1S/C23H24F2O/c1-3-26-15-5-7-21(23(25)13-15)19-11-9-16-17(19)8-10-18(16)20-6-4-14(2)12-22(20)24/h4-7,11-13,16-18H,3,8-10H2,1-2H3. The molecule has 0 spiro atoms. The van der Waals surface area contributed by atoms with Crippen molar-refractivity contribution in [1.82, 2.24) is 0 Å². The number of fused-ring (bicyclic) bond motifs is 1. The van der Waals surface area contributed by atoms with Gasteiger partial charge in [-0.3, -0.25) is 0 Å². The minimum atomic E-state index is -0.229. The minimum Gasteiger partial charge on any atom is -0.494 e. The molecular formula is C23H24F2O. The van der Waals surface area contributed by atoms with Crippen molar-refractivity contribution in [3.05, 3.63) is 70.8 Å². The molecule has 136 valence electrons. The van der Waals surface area contributed by atoms with Crippen LogP contribution in [-0.4, -0.2) is 6.61 Å². The van der Waals surface area contributed by atoms with Gasteiger partial charge in [-0.25, -0.2) is 8.78 Å². The van der Waals surface area contributed by atoms with E-state index in [1.807, 2.05) is 38.1 Å². The first-order valence-electron chi connectivity index (χ1n) is 9.47. The number of halogens is 2. The summed E-state index contributed by atoms with van der Waals surface area (Å²) in [4.78, 5) is 0. The first kappa shape index (κ1) is 17.3. The quantitative estimate of drug-likeness (QED) is 0.629. The van der Waals surface area contributed by atoms with Crippen molar-refractivity contribution in [3.8, 4) is 5.75 Å². The van der Waals surface area contributed by atoms with Gasteiger partial charge in [0.2, 0.25) is 0 Å². The van der Waals surface area contributed by atoms with Crippen LogP contribution >= 0.6 is 0 Å². The lowest BCUT2D eigenvalue weighted by Crippen LogP contribution is -2.11. The van der Waals surface area contributed by atoms with Gasteiger partial charge in [-0.15, -0.1) is 0 Å². The van der Waals surface area contributed by atoms with Crippen LogP contribution in [0, 0.1) is 30.4 Å². The number of hydrogen-bond donors (Lipinski definition) is 0. The molecule has 2 aromatic carbocycles. The van der Waals surface area contributed by atoms with Crippen LogP contribution in [0.3, 0.4) is 0 Å². The summed E-state index contributed by atoms with van der Waals surface area (Å²) < 4.78 is 34.5. The SMILES string of the molecule is CCOc1ccc(C2=CCC3C2CCC3c2ccc(C)cc2F)c(F)c1. The Morgan fingerprint density at radius 3 is 2.54 bits per heavy atom. The Labute approximate surface area is 153 Å². The molecule has 2 aromatic rings. The van der Waals surface area contributed by atoms with Gasteiger partial charge in [0, 0.05) is 11.6 Å². The molecule has 1 nitrogen and oxygen atoms in total. The predicted molar refractivity (Wildman–Crippen MR) is 100 cm³/mol. The zero-order chi connectivity index (χ0) is 18.3. The monoisotopic (exact) mass is 354 g/mol. The zero-order valence-electron chi connectivity index (χ0n) is 15.3. The number of ether oxygens (including phenoxy) is 1. The fourth-order valence-corrected chi connectivity index (χ4v) is 4.81. The van der Waals surface area contributed by atoms with E-state index < -0.39 is 0 Å². The lowest BCUT2D eigenvalue weighted by molar-refractivity contribution is 0.338. The Morgan fingerprint density at radius 2 is 1.81 bits per heavy atom. The highest BCUT2D eigenvalue weighted by Gasteiger charge is 2.42. The van der Waals surface area contributed by atoms with Crippen molar-refractivity contribution in [2.45, 2.75) is 39.0 Å². The summed E-state index contributed by atoms with van der Waals surface area (Å²) in [6, 6.07) is 10.7. The average molecular weight is 354 g/mol. The van der Waals surface area contributed by atoms with Crippen molar-refractivity contribution in [1.29, 1.82) is 0 Å².